The van der Waals surface area contributed by atoms with Crippen molar-refractivity contribution >= 4 is 17.4 Å². The van der Waals surface area contributed by atoms with Gasteiger partial charge in [0, 0.05) is 43.3 Å². The Labute approximate surface area is 142 Å². The van der Waals surface area contributed by atoms with Crippen molar-refractivity contribution in [2.24, 2.45) is 0 Å². The first-order valence-corrected chi connectivity index (χ1v) is 8.28. The lowest BCUT2D eigenvalue weighted by molar-refractivity contribution is 0.0742. The van der Waals surface area contributed by atoms with E-state index in [2.05, 4.69) is 22.2 Å². The van der Waals surface area contributed by atoms with Gasteiger partial charge in [-0.15, -0.1) is 0 Å². The Morgan fingerprint density at radius 3 is 2.79 bits per heavy atom. The number of amides is 1. The smallest absolute Gasteiger partial charge is 0.253 e. The number of unbranched alkanes of at least 4 members (excludes halogenated alkanes) is 1. The molecule has 0 spiro atoms. The van der Waals surface area contributed by atoms with Crippen LogP contribution in [-0.4, -0.2) is 45.6 Å². The minimum atomic E-state index is -0.0142. The van der Waals surface area contributed by atoms with Gasteiger partial charge < -0.3 is 15.3 Å². The molecule has 0 aliphatic rings. The Morgan fingerprint density at radius 2 is 2.08 bits per heavy atom. The summed E-state index contributed by atoms with van der Waals surface area (Å²) in [7, 11) is 0. The molecule has 0 atom stereocenters. The molecular formula is C18H24N4O2. The van der Waals surface area contributed by atoms with Crippen LogP contribution in [0, 0.1) is 0 Å². The molecule has 1 amide bonds. The lowest BCUT2D eigenvalue weighted by Gasteiger charge is -2.22. The molecule has 0 saturated heterocycles. The summed E-state index contributed by atoms with van der Waals surface area (Å²) in [4.78, 5) is 22.7. The molecule has 2 aromatic rings. The van der Waals surface area contributed by atoms with Gasteiger partial charge in [-0.2, -0.15) is 0 Å². The predicted molar refractivity (Wildman–Crippen MR) is 94.3 cm³/mol. The SMILES string of the molecule is CCCCN(CCCO)C(=O)c1cccc(Nc2cnccn2)c1. The van der Waals surface area contributed by atoms with Gasteiger partial charge in [0.05, 0.1) is 6.20 Å². The van der Waals surface area contributed by atoms with Crippen molar-refractivity contribution in [2.45, 2.75) is 26.2 Å². The zero-order valence-electron chi connectivity index (χ0n) is 14.0. The van der Waals surface area contributed by atoms with Crippen LogP contribution in [0.2, 0.25) is 0 Å². The monoisotopic (exact) mass is 328 g/mol. The molecule has 0 unspecified atom stereocenters. The van der Waals surface area contributed by atoms with Crippen LogP contribution in [0.5, 0.6) is 0 Å². The third kappa shape index (κ3) is 5.31. The number of aliphatic hydroxyl groups excluding tert-OH is 1. The van der Waals surface area contributed by atoms with E-state index in [1.807, 2.05) is 24.3 Å². The summed E-state index contributed by atoms with van der Waals surface area (Å²) in [6.45, 7) is 3.46. The van der Waals surface area contributed by atoms with Gasteiger partial charge in [0.15, 0.2) is 0 Å². The maximum absolute atomic E-state index is 12.7. The van der Waals surface area contributed by atoms with E-state index in [1.54, 1.807) is 23.5 Å². The highest BCUT2D eigenvalue weighted by molar-refractivity contribution is 5.95. The summed E-state index contributed by atoms with van der Waals surface area (Å²) in [5, 5.41) is 12.2. The summed E-state index contributed by atoms with van der Waals surface area (Å²) in [6, 6.07) is 7.35. The average molecular weight is 328 g/mol. The first-order chi connectivity index (χ1) is 11.7. The van der Waals surface area contributed by atoms with Crippen molar-refractivity contribution in [1.29, 1.82) is 0 Å². The molecule has 1 heterocycles. The minimum absolute atomic E-state index is 0.0142. The first-order valence-electron chi connectivity index (χ1n) is 8.28. The number of nitrogens with one attached hydrogen (secondary N) is 1. The Morgan fingerprint density at radius 1 is 1.25 bits per heavy atom. The van der Waals surface area contributed by atoms with Crippen LogP contribution < -0.4 is 5.32 Å². The molecule has 24 heavy (non-hydrogen) atoms. The Kier molecular flexibility index (Phi) is 7.17. The van der Waals surface area contributed by atoms with E-state index < -0.39 is 0 Å². The van der Waals surface area contributed by atoms with Crippen molar-refractivity contribution in [2.75, 3.05) is 25.0 Å². The molecule has 2 rings (SSSR count). The summed E-state index contributed by atoms with van der Waals surface area (Å²) >= 11 is 0. The summed E-state index contributed by atoms with van der Waals surface area (Å²) in [6.07, 6.45) is 7.42. The second-order valence-electron chi connectivity index (χ2n) is 5.52. The standard InChI is InChI=1S/C18H24N4O2/c1-2-3-10-22(11-5-12-23)18(24)15-6-4-7-16(13-15)21-17-14-19-8-9-20-17/h4,6-9,13-14,23H,2-3,5,10-12H2,1H3,(H,20,21). The molecule has 0 aliphatic carbocycles. The van der Waals surface area contributed by atoms with E-state index in [9.17, 15) is 4.79 Å². The average Bonchev–Trinajstić information content (AvgIpc) is 2.62. The molecule has 0 fully saturated rings. The van der Waals surface area contributed by atoms with Gasteiger partial charge in [0.25, 0.3) is 5.91 Å². The molecule has 1 aromatic heterocycles. The molecule has 0 radical (unpaired) electrons. The molecule has 6 heteroatoms. The highest BCUT2D eigenvalue weighted by atomic mass is 16.3. The van der Waals surface area contributed by atoms with Gasteiger partial charge in [0.1, 0.15) is 5.82 Å². The van der Waals surface area contributed by atoms with Gasteiger partial charge >= 0.3 is 0 Å². The van der Waals surface area contributed by atoms with Crippen molar-refractivity contribution in [3.8, 4) is 0 Å². The Bertz CT molecular complexity index is 626. The lowest BCUT2D eigenvalue weighted by Crippen LogP contribution is -2.33. The normalized spacial score (nSPS) is 10.4. The van der Waals surface area contributed by atoms with Crippen LogP contribution in [0.25, 0.3) is 0 Å². The highest BCUT2D eigenvalue weighted by Crippen LogP contribution is 2.17. The van der Waals surface area contributed by atoms with E-state index in [-0.39, 0.29) is 12.5 Å². The number of hydrogen-bond acceptors (Lipinski definition) is 5. The van der Waals surface area contributed by atoms with E-state index in [0.717, 1.165) is 18.5 Å². The fourth-order valence-electron chi connectivity index (χ4n) is 2.35. The van der Waals surface area contributed by atoms with E-state index in [4.69, 9.17) is 5.11 Å². The second kappa shape index (κ2) is 9.62. The number of aliphatic hydroxyl groups is 1. The third-order valence-electron chi connectivity index (χ3n) is 3.60. The Hall–Kier alpha value is -2.47. The van der Waals surface area contributed by atoms with Gasteiger partial charge in [0.2, 0.25) is 0 Å². The molecular weight excluding hydrogens is 304 g/mol. The van der Waals surface area contributed by atoms with Crippen molar-refractivity contribution in [3.05, 3.63) is 48.4 Å². The van der Waals surface area contributed by atoms with Crippen molar-refractivity contribution in [3.63, 3.8) is 0 Å². The van der Waals surface area contributed by atoms with Crippen LogP contribution in [-0.2, 0) is 0 Å². The van der Waals surface area contributed by atoms with E-state index in [0.29, 0.717) is 30.9 Å². The molecule has 6 nitrogen and oxygen atoms in total. The number of carbonyl (C=O) groups is 1. The fraction of sp³-hybridized carbons (Fsp3) is 0.389. The van der Waals surface area contributed by atoms with Gasteiger partial charge in [-0.3, -0.25) is 9.78 Å². The van der Waals surface area contributed by atoms with Crippen LogP contribution in [0.15, 0.2) is 42.9 Å². The predicted octanol–water partition coefficient (Wildman–Crippen LogP) is 2.84. The van der Waals surface area contributed by atoms with Crippen molar-refractivity contribution in [1.82, 2.24) is 14.9 Å². The number of benzene rings is 1. The highest BCUT2D eigenvalue weighted by Gasteiger charge is 2.15. The third-order valence-corrected chi connectivity index (χ3v) is 3.60. The minimum Gasteiger partial charge on any atom is -0.396 e. The summed E-state index contributed by atoms with van der Waals surface area (Å²) < 4.78 is 0. The lowest BCUT2D eigenvalue weighted by atomic mass is 10.1. The topological polar surface area (TPSA) is 78.4 Å². The zero-order valence-corrected chi connectivity index (χ0v) is 14.0. The molecule has 1 aromatic carbocycles. The number of carbonyl (C=O) groups excluding carboxylic acids is 1. The second-order valence-corrected chi connectivity index (χ2v) is 5.52. The maximum atomic E-state index is 12.7. The van der Waals surface area contributed by atoms with Gasteiger partial charge in [-0.05, 0) is 31.0 Å². The van der Waals surface area contributed by atoms with Gasteiger partial charge in [-0.25, -0.2) is 4.98 Å². The van der Waals surface area contributed by atoms with Crippen LogP contribution in [0.4, 0.5) is 11.5 Å². The number of nitrogens with zero attached hydrogens (tertiary/aromatic N) is 3. The molecule has 2 N–H and O–H groups in total. The largest absolute Gasteiger partial charge is 0.396 e. The summed E-state index contributed by atoms with van der Waals surface area (Å²) in [5.41, 5.74) is 1.41. The maximum Gasteiger partial charge on any atom is 0.253 e. The van der Waals surface area contributed by atoms with E-state index in [1.165, 1.54) is 0 Å². The summed E-state index contributed by atoms with van der Waals surface area (Å²) in [5.74, 6) is 0.616. The molecule has 128 valence electrons. The van der Waals surface area contributed by atoms with Crippen molar-refractivity contribution < 1.29 is 9.90 Å². The Balaban J connectivity index is 2.11. The van der Waals surface area contributed by atoms with Crippen LogP contribution in [0.1, 0.15) is 36.5 Å². The molecule has 0 aliphatic heterocycles. The van der Waals surface area contributed by atoms with Crippen LogP contribution in [0.3, 0.4) is 0 Å². The zero-order chi connectivity index (χ0) is 17.2. The first kappa shape index (κ1) is 17.9. The number of aromatic nitrogens is 2. The quantitative estimate of drug-likeness (QED) is 0.740. The molecule has 0 saturated carbocycles. The number of hydrogen-bond donors (Lipinski definition) is 2. The van der Waals surface area contributed by atoms with E-state index >= 15 is 0 Å². The number of anilines is 2. The van der Waals surface area contributed by atoms with Crippen LogP contribution >= 0.6 is 0 Å². The molecule has 0 bridgehead atoms. The van der Waals surface area contributed by atoms with Gasteiger partial charge in [-0.1, -0.05) is 19.4 Å². The number of rotatable bonds is 9. The fourth-order valence-corrected chi connectivity index (χ4v) is 2.35.